The van der Waals surface area contributed by atoms with Crippen molar-refractivity contribution in [1.82, 2.24) is 5.32 Å². The van der Waals surface area contributed by atoms with Gasteiger partial charge < -0.3 is 11.1 Å². The molecule has 0 aliphatic heterocycles. The smallest absolute Gasteiger partial charge is 0.0359 e. The summed E-state index contributed by atoms with van der Waals surface area (Å²) in [4.78, 5) is 0. The van der Waals surface area contributed by atoms with Crippen molar-refractivity contribution in [3.63, 3.8) is 0 Å². The van der Waals surface area contributed by atoms with Crippen molar-refractivity contribution >= 4 is 5.69 Å². The second kappa shape index (κ2) is 5.51. The molecule has 0 spiro atoms. The topological polar surface area (TPSA) is 38.0 Å². The van der Waals surface area contributed by atoms with E-state index in [1.807, 2.05) is 18.2 Å². The first kappa shape index (κ1) is 11.7. The minimum Gasteiger partial charge on any atom is -0.398 e. The second-order valence-electron chi connectivity index (χ2n) is 4.23. The lowest BCUT2D eigenvalue weighted by Crippen LogP contribution is -2.14. The van der Waals surface area contributed by atoms with Crippen LogP contribution in [0.3, 0.4) is 0 Å². The minimum atomic E-state index is 0.807. The average molecular weight is 226 g/mol. The van der Waals surface area contributed by atoms with Crippen LogP contribution in [0.1, 0.15) is 16.7 Å². The van der Waals surface area contributed by atoms with Gasteiger partial charge in [0.25, 0.3) is 0 Å². The van der Waals surface area contributed by atoms with Crippen LogP contribution in [0.2, 0.25) is 0 Å². The van der Waals surface area contributed by atoms with E-state index >= 15 is 0 Å². The Kier molecular flexibility index (Phi) is 3.78. The Morgan fingerprint density at radius 3 is 2.18 bits per heavy atom. The number of benzene rings is 2. The fraction of sp³-hybridized carbons (Fsp3) is 0.200. The molecule has 0 aliphatic rings. The lowest BCUT2D eigenvalue weighted by molar-refractivity contribution is 0.692. The molecule has 0 amide bonds. The molecule has 3 N–H and O–H groups in total. The molecule has 0 unspecified atom stereocenters. The van der Waals surface area contributed by atoms with Gasteiger partial charge in [0.2, 0.25) is 0 Å². The lowest BCUT2D eigenvalue weighted by atomic mass is 10.1. The summed E-state index contributed by atoms with van der Waals surface area (Å²) < 4.78 is 0. The van der Waals surface area contributed by atoms with Crippen molar-refractivity contribution in [2.45, 2.75) is 20.0 Å². The van der Waals surface area contributed by atoms with Gasteiger partial charge in [-0.1, -0.05) is 42.5 Å². The quantitative estimate of drug-likeness (QED) is 0.787. The molecule has 0 aliphatic carbocycles. The maximum atomic E-state index is 5.89. The fourth-order valence-electron chi connectivity index (χ4n) is 1.84. The van der Waals surface area contributed by atoms with Gasteiger partial charge in [-0.15, -0.1) is 0 Å². The molecule has 0 fully saturated rings. The SMILES string of the molecule is Cc1ccccc1CNCc1ccccc1N. The number of rotatable bonds is 4. The predicted molar refractivity (Wildman–Crippen MR) is 72.6 cm³/mol. The molecular formula is C15H18N2. The van der Waals surface area contributed by atoms with Crippen molar-refractivity contribution in [2.75, 3.05) is 5.73 Å². The summed E-state index contributed by atoms with van der Waals surface area (Å²) >= 11 is 0. The van der Waals surface area contributed by atoms with Crippen molar-refractivity contribution in [1.29, 1.82) is 0 Å². The number of nitrogen functional groups attached to an aromatic ring is 1. The Bertz CT molecular complexity index is 446. The molecule has 0 saturated heterocycles. The zero-order valence-electron chi connectivity index (χ0n) is 10.1. The van der Waals surface area contributed by atoms with Crippen LogP contribution in [0.4, 0.5) is 5.69 Å². The number of hydrogen-bond acceptors (Lipinski definition) is 2. The van der Waals surface area contributed by atoms with Gasteiger partial charge in [-0.3, -0.25) is 0 Å². The Hall–Kier alpha value is -1.80. The molecule has 0 aromatic heterocycles. The van der Waals surface area contributed by atoms with Crippen molar-refractivity contribution in [3.05, 3.63) is 65.2 Å². The van der Waals surface area contributed by atoms with Crippen LogP contribution >= 0.6 is 0 Å². The number of anilines is 1. The Morgan fingerprint density at radius 1 is 0.882 bits per heavy atom. The van der Waals surface area contributed by atoms with E-state index in [9.17, 15) is 0 Å². The summed E-state index contributed by atoms with van der Waals surface area (Å²) in [6.07, 6.45) is 0. The first-order valence-electron chi connectivity index (χ1n) is 5.86. The first-order valence-corrected chi connectivity index (χ1v) is 5.86. The maximum absolute atomic E-state index is 5.89. The van der Waals surface area contributed by atoms with Crippen molar-refractivity contribution < 1.29 is 0 Å². The summed E-state index contributed by atoms with van der Waals surface area (Å²) in [7, 11) is 0. The molecule has 88 valence electrons. The Labute approximate surface area is 102 Å². The van der Waals surface area contributed by atoms with Crippen LogP contribution < -0.4 is 11.1 Å². The third kappa shape index (κ3) is 3.08. The Balaban J connectivity index is 1.93. The molecule has 2 aromatic carbocycles. The highest BCUT2D eigenvalue weighted by Crippen LogP contribution is 2.11. The molecular weight excluding hydrogens is 208 g/mol. The van der Waals surface area contributed by atoms with Crippen molar-refractivity contribution in [2.24, 2.45) is 0 Å². The molecule has 0 bridgehead atoms. The molecule has 0 atom stereocenters. The zero-order valence-corrected chi connectivity index (χ0v) is 10.1. The molecule has 2 rings (SSSR count). The molecule has 17 heavy (non-hydrogen) atoms. The largest absolute Gasteiger partial charge is 0.398 e. The van der Waals surface area contributed by atoms with Gasteiger partial charge in [-0.05, 0) is 29.7 Å². The normalized spacial score (nSPS) is 10.4. The van der Waals surface area contributed by atoms with Gasteiger partial charge in [0.15, 0.2) is 0 Å². The summed E-state index contributed by atoms with van der Waals surface area (Å²) in [5.74, 6) is 0. The summed E-state index contributed by atoms with van der Waals surface area (Å²) in [5, 5.41) is 3.42. The minimum absolute atomic E-state index is 0.807. The van der Waals surface area contributed by atoms with Gasteiger partial charge in [0.1, 0.15) is 0 Å². The molecule has 2 nitrogen and oxygen atoms in total. The second-order valence-corrected chi connectivity index (χ2v) is 4.23. The number of hydrogen-bond donors (Lipinski definition) is 2. The van der Waals surface area contributed by atoms with E-state index in [1.165, 1.54) is 11.1 Å². The van der Waals surface area contributed by atoms with E-state index in [2.05, 4.69) is 42.6 Å². The number of nitrogens with one attached hydrogen (secondary N) is 1. The van der Waals surface area contributed by atoms with Gasteiger partial charge in [0, 0.05) is 18.8 Å². The van der Waals surface area contributed by atoms with Crippen LogP contribution in [0.25, 0.3) is 0 Å². The summed E-state index contributed by atoms with van der Waals surface area (Å²) in [5.41, 5.74) is 10.6. The first-order chi connectivity index (χ1) is 8.27. The molecule has 0 heterocycles. The predicted octanol–water partition coefficient (Wildman–Crippen LogP) is 2.87. The molecule has 0 saturated carbocycles. The average Bonchev–Trinajstić information content (AvgIpc) is 2.34. The van der Waals surface area contributed by atoms with E-state index in [4.69, 9.17) is 5.73 Å². The molecule has 0 radical (unpaired) electrons. The molecule has 2 aromatic rings. The highest BCUT2D eigenvalue weighted by molar-refractivity contribution is 5.46. The number of para-hydroxylation sites is 1. The highest BCUT2D eigenvalue weighted by Gasteiger charge is 1.99. The van der Waals surface area contributed by atoms with Crippen LogP contribution in [0, 0.1) is 6.92 Å². The third-order valence-electron chi connectivity index (χ3n) is 2.95. The number of aryl methyl sites for hydroxylation is 1. The van der Waals surface area contributed by atoms with Gasteiger partial charge in [-0.25, -0.2) is 0 Å². The lowest BCUT2D eigenvalue weighted by Gasteiger charge is -2.09. The number of nitrogens with two attached hydrogens (primary N) is 1. The fourth-order valence-corrected chi connectivity index (χ4v) is 1.84. The van der Waals surface area contributed by atoms with E-state index in [-0.39, 0.29) is 0 Å². The zero-order chi connectivity index (χ0) is 12.1. The van der Waals surface area contributed by atoms with Gasteiger partial charge >= 0.3 is 0 Å². The van der Waals surface area contributed by atoms with E-state index in [0.717, 1.165) is 24.3 Å². The van der Waals surface area contributed by atoms with E-state index < -0.39 is 0 Å². The standard InChI is InChI=1S/C15H18N2/c1-12-6-2-3-7-13(12)10-17-11-14-8-4-5-9-15(14)16/h2-9,17H,10-11,16H2,1H3. The van der Waals surface area contributed by atoms with Crippen LogP contribution in [0.5, 0.6) is 0 Å². The Morgan fingerprint density at radius 2 is 1.47 bits per heavy atom. The van der Waals surface area contributed by atoms with Crippen molar-refractivity contribution in [3.8, 4) is 0 Å². The molecule has 2 heteroatoms. The third-order valence-corrected chi connectivity index (χ3v) is 2.95. The highest BCUT2D eigenvalue weighted by atomic mass is 14.9. The van der Waals surface area contributed by atoms with Gasteiger partial charge in [-0.2, -0.15) is 0 Å². The van der Waals surface area contributed by atoms with Crippen LogP contribution in [0.15, 0.2) is 48.5 Å². The summed E-state index contributed by atoms with van der Waals surface area (Å²) in [6, 6.07) is 16.4. The van der Waals surface area contributed by atoms with Crippen LogP contribution in [-0.4, -0.2) is 0 Å². The monoisotopic (exact) mass is 226 g/mol. The maximum Gasteiger partial charge on any atom is 0.0359 e. The van der Waals surface area contributed by atoms with Crippen LogP contribution in [-0.2, 0) is 13.1 Å². The summed E-state index contributed by atoms with van der Waals surface area (Å²) in [6.45, 7) is 3.82. The van der Waals surface area contributed by atoms with E-state index in [1.54, 1.807) is 0 Å². The van der Waals surface area contributed by atoms with Gasteiger partial charge in [0.05, 0.1) is 0 Å². The van der Waals surface area contributed by atoms with E-state index in [0.29, 0.717) is 0 Å².